The molecule has 2 rings (SSSR count). The zero-order valence-electron chi connectivity index (χ0n) is 15.3. The molecule has 0 saturated heterocycles. The third-order valence-corrected chi connectivity index (χ3v) is 4.20. The molecule has 2 aromatic rings. The lowest BCUT2D eigenvalue weighted by Crippen LogP contribution is -2.38. The summed E-state index contributed by atoms with van der Waals surface area (Å²) >= 11 is 0. The molecule has 0 radical (unpaired) electrons. The summed E-state index contributed by atoms with van der Waals surface area (Å²) < 4.78 is 10.5. The molecule has 5 heteroatoms. The first kappa shape index (κ1) is 18.6. The van der Waals surface area contributed by atoms with Gasteiger partial charge in [-0.05, 0) is 49.1 Å². The van der Waals surface area contributed by atoms with Crippen molar-refractivity contribution in [2.75, 3.05) is 20.8 Å². The summed E-state index contributed by atoms with van der Waals surface area (Å²) in [5.74, 6) is 1.31. The molecule has 0 aromatic heterocycles. The maximum absolute atomic E-state index is 12.1. The van der Waals surface area contributed by atoms with Gasteiger partial charge in [0, 0.05) is 6.54 Å². The summed E-state index contributed by atoms with van der Waals surface area (Å²) in [7, 11) is 3.19. The monoisotopic (exact) mass is 342 g/mol. The van der Waals surface area contributed by atoms with Gasteiger partial charge in [0.25, 0.3) is 0 Å². The van der Waals surface area contributed by atoms with Crippen LogP contribution in [0.25, 0.3) is 0 Å². The number of carbonyl (C=O) groups excluding carboxylic acids is 1. The molecule has 0 saturated carbocycles. The molecule has 134 valence electrons. The van der Waals surface area contributed by atoms with Crippen molar-refractivity contribution in [1.82, 2.24) is 10.6 Å². The van der Waals surface area contributed by atoms with Gasteiger partial charge in [0.05, 0.1) is 20.3 Å². The molecule has 0 heterocycles. The number of carbonyl (C=O) groups is 1. The lowest BCUT2D eigenvalue weighted by molar-refractivity contribution is 0.238. The van der Waals surface area contributed by atoms with Crippen LogP contribution >= 0.6 is 0 Å². The lowest BCUT2D eigenvalue weighted by atomic mass is 10.1. The van der Waals surface area contributed by atoms with E-state index in [-0.39, 0.29) is 12.1 Å². The van der Waals surface area contributed by atoms with Gasteiger partial charge >= 0.3 is 6.03 Å². The number of aryl methyl sites for hydroxylation is 1. The summed E-state index contributed by atoms with van der Waals surface area (Å²) in [6.45, 7) is 4.60. The number of hydrogen-bond donors (Lipinski definition) is 2. The average Bonchev–Trinajstić information content (AvgIpc) is 2.62. The molecule has 0 aliphatic heterocycles. The van der Waals surface area contributed by atoms with Crippen LogP contribution in [0.5, 0.6) is 11.5 Å². The molecule has 2 N–H and O–H groups in total. The molecule has 0 fully saturated rings. The summed E-state index contributed by atoms with van der Waals surface area (Å²) in [6.07, 6.45) is 0.810. The van der Waals surface area contributed by atoms with E-state index >= 15 is 0 Å². The Morgan fingerprint density at radius 1 is 1.08 bits per heavy atom. The molecule has 2 amide bonds. The predicted molar refractivity (Wildman–Crippen MR) is 99.4 cm³/mol. The van der Waals surface area contributed by atoms with E-state index in [4.69, 9.17) is 9.47 Å². The molecule has 25 heavy (non-hydrogen) atoms. The Labute approximate surface area is 149 Å². The molecule has 5 nitrogen and oxygen atoms in total. The summed E-state index contributed by atoms with van der Waals surface area (Å²) in [5.41, 5.74) is 3.44. The van der Waals surface area contributed by atoms with E-state index in [1.165, 1.54) is 11.1 Å². The van der Waals surface area contributed by atoms with Gasteiger partial charge in [0.2, 0.25) is 0 Å². The Bertz CT molecular complexity index is 716. The highest BCUT2D eigenvalue weighted by Crippen LogP contribution is 2.29. The van der Waals surface area contributed by atoms with Gasteiger partial charge in [-0.15, -0.1) is 0 Å². The number of rotatable bonds is 7. The van der Waals surface area contributed by atoms with Crippen molar-refractivity contribution in [2.24, 2.45) is 0 Å². The van der Waals surface area contributed by atoms with E-state index in [0.29, 0.717) is 18.0 Å². The first-order valence-electron chi connectivity index (χ1n) is 8.36. The second kappa shape index (κ2) is 8.97. The Hall–Kier alpha value is -2.69. The fourth-order valence-corrected chi connectivity index (χ4v) is 2.65. The smallest absolute Gasteiger partial charge is 0.315 e. The van der Waals surface area contributed by atoms with E-state index in [1.807, 2.05) is 37.3 Å². The van der Waals surface area contributed by atoms with Gasteiger partial charge in [0.15, 0.2) is 11.5 Å². The molecule has 0 aliphatic carbocycles. The largest absolute Gasteiger partial charge is 0.493 e. The number of amides is 2. The average molecular weight is 342 g/mol. The van der Waals surface area contributed by atoms with Crippen LogP contribution in [0.2, 0.25) is 0 Å². The zero-order chi connectivity index (χ0) is 18.2. The summed E-state index contributed by atoms with van der Waals surface area (Å²) in [6, 6.07) is 13.5. The second-order valence-electron chi connectivity index (χ2n) is 5.91. The normalized spacial score (nSPS) is 11.5. The Morgan fingerprint density at radius 2 is 1.80 bits per heavy atom. The van der Waals surface area contributed by atoms with E-state index in [0.717, 1.165) is 12.0 Å². The first-order valence-corrected chi connectivity index (χ1v) is 8.36. The van der Waals surface area contributed by atoms with Crippen molar-refractivity contribution in [2.45, 2.75) is 26.3 Å². The molecular formula is C20H26N2O3. The number of hydrogen-bond acceptors (Lipinski definition) is 3. The maximum Gasteiger partial charge on any atom is 0.315 e. The minimum atomic E-state index is -0.184. The number of nitrogens with one attached hydrogen (secondary N) is 2. The molecule has 2 aromatic carbocycles. The number of benzene rings is 2. The van der Waals surface area contributed by atoms with Crippen molar-refractivity contribution < 1.29 is 14.3 Å². The minimum Gasteiger partial charge on any atom is -0.493 e. The number of methoxy groups -OCH3 is 2. The van der Waals surface area contributed by atoms with Crippen LogP contribution in [0.15, 0.2) is 42.5 Å². The molecule has 0 spiro atoms. The minimum absolute atomic E-state index is 0.140. The molecule has 0 aliphatic rings. The predicted octanol–water partition coefficient (Wildman–Crippen LogP) is 3.62. The highest BCUT2D eigenvalue weighted by atomic mass is 16.5. The fourth-order valence-electron chi connectivity index (χ4n) is 2.65. The third-order valence-electron chi connectivity index (χ3n) is 4.20. The van der Waals surface area contributed by atoms with Gasteiger partial charge < -0.3 is 20.1 Å². The second-order valence-corrected chi connectivity index (χ2v) is 5.91. The number of urea groups is 1. The Balaban J connectivity index is 1.86. The fraction of sp³-hybridized carbons (Fsp3) is 0.350. The van der Waals surface area contributed by atoms with E-state index in [1.54, 1.807) is 14.2 Å². The molecule has 0 bridgehead atoms. The Kier molecular flexibility index (Phi) is 6.69. The van der Waals surface area contributed by atoms with Gasteiger partial charge in [-0.3, -0.25) is 0 Å². The molecule has 1 unspecified atom stereocenters. The Morgan fingerprint density at radius 3 is 2.48 bits per heavy atom. The van der Waals surface area contributed by atoms with Crippen LogP contribution in [-0.2, 0) is 6.42 Å². The SMILES string of the molecule is COc1ccc(C(C)NC(=O)NCCc2ccccc2C)cc1OC. The van der Waals surface area contributed by atoms with Crippen LogP contribution in [0.3, 0.4) is 0 Å². The zero-order valence-corrected chi connectivity index (χ0v) is 15.3. The van der Waals surface area contributed by atoms with Crippen molar-refractivity contribution in [3.8, 4) is 11.5 Å². The highest BCUT2D eigenvalue weighted by Gasteiger charge is 2.12. The topological polar surface area (TPSA) is 59.6 Å². The van der Waals surface area contributed by atoms with Crippen LogP contribution in [-0.4, -0.2) is 26.8 Å². The van der Waals surface area contributed by atoms with Crippen molar-refractivity contribution in [1.29, 1.82) is 0 Å². The summed E-state index contributed by atoms with van der Waals surface area (Å²) in [4.78, 5) is 12.1. The van der Waals surface area contributed by atoms with E-state index in [9.17, 15) is 4.79 Å². The first-order chi connectivity index (χ1) is 12.0. The van der Waals surface area contributed by atoms with Crippen LogP contribution < -0.4 is 20.1 Å². The quantitative estimate of drug-likeness (QED) is 0.808. The van der Waals surface area contributed by atoms with Gasteiger partial charge in [-0.2, -0.15) is 0 Å². The van der Waals surface area contributed by atoms with Gasteiger partial charge in [-0.1, -0.05) is 30.3 Å². The lowest BCUT2D eigenvalue weighted by Gasteiger charge is -2.17. The van der Waals surface area contributed by atoms with Crippen LogP contribution in [0.1, 0.15) is 29.7 Å². The van der Waals surface area contributed by atoms with Crippen molar-refractivity contribution >= 4 is 6.03 Å². The number of ether oxygens (including phenoxy) is 2. The highest BCUT2D eigenvalue weighted by molar-refractivity contribution is 5.74. The van der Waals surface area contributed by atoms with Crippen molar-refractivity contribution in [3.63, 3.8) is 0 Å². The van der Waals surface area contributed by atoms with Gasteiger partial charge in [0.1, 0.15) is 0 Å². The van der Waals surface area contributed by atoms with Gasteiger partial charge in [-0.25, -0.2) is 4.79 Å². The van der Waals surface area contributed by atoms with Crippen LogP contribution in [0.4, 0.5) is 4.79 Å². The van der Waals surface area contributed by atoms with Crippen LogP contribution in [0, 0.1) is 6.92 Å². The summed E-state index contributed by atoms with van der Waals surface area (Å²) in [5, 5.41) is 5.84. The molecule has 1 atom stereocenters. The molecular weight excluding hydrogens is 316 g/mol. The standard InChI is InChI=1S/C20H26N2O3/c1-14-7-5-6-8-16(14)11-12-21-20(23)22-15(2)17-9-10-18(24-3)19(13-17)25-4/h5-10,13,15H,11-12H2,1-4H3,(H2,21,22,23). The maximum atomic E-state index is 12.1. The van der Waals surface area contributed by atoms with E-state index in [2.05, 4.69) is 29.7 Å². The third kappa shape index (κ3) is 5.14. The van der Waals surface area contributed by atoms with E-state index < -0.39 is 0 Å². The van der Waals surface area contributed by atoms with Crippen molar-refractivity contribution in [3.05, 3.63) is 59.2 Å².